The summed E-state index contributed by atoms with van der Waals surface area (Å²) in [5, 5.41) is 3.00. The van der Waals surface area contributed by atoms with Crippen LogP contribution in [0.2, 0.25) is 0 Å². The molecule has 1 saturated heterocycles. The molecule has 1 aliphatic heterocycles. The van der Waals surface area contributed by atoms with Crippen LogP contribution in [0.25, 0.3) is 0 Å². The molecule has 0 radical (unpaired) electrons. The average Bonchev–Trinajstić information content (AvgIpc) is 3.38. The Labute approximate surface area is 138 Å². The van der Waals surface area contributed by atoms with Gasteiger partial charge in [-0.2, -0.15) is 0 Å². The van der Waals surface area contributed by atoms with Gasteiger partial charge in [0.15, 0.2) is 0 Å². The summed E-state index contributed by atoms with van der Waals surface area (Å²) in [7, 11) is 0. The third kappa shape index (κ3) is 4.57. The number of carbonyl (C=O) groups is 2. The molecule has 0 unspecified atom stereocenters. The van der Waals surface area contributed by atoms with E-state index in [0.29, 0.717) is 11.8 Å². The topological polar surface area (TPSA) is 49.4 Å². The van der Waals surface area contributed by atoms with E-state index < -0.39 is 0 Å². The molecule has 0 aromatic heterocycles. The number of likely N-dealkylation sites (tertiary alicyclic amines) is 1. The average molecular weight is 314 g/mol. The monoisotopic (exact) mass is 314 g/mol. The number of nitrogens with one attached hydrogen (secondary N) is 1. The highest BCUT2D eigenvalue weighted by Gasteiger charge is 2.22. The van der Waals surface area contributed by atoms with E-state index in [-0.39, 0.29) is 11.8 Å². The highest BCUT2D eigenvalue weighted by atomic mass is 16.2. The molecule has 2 aliphatic rings. The molecule has 4 nitrogen and oxygen atoms in total. The van der Waals surface area contributed by atoms with Crippen molar-refractivity contribution in [2.24, 2.45) is 11.8 Å². The molecule has 23 heavy (non-hydrogen) atoms. The normalized spacial score (nSPS) is 18.7. The molecule has 1 N–H and O–H groups in total. The van der Waals surface area contributed by atoms with Gasteiger partial charge in [0.25, 0.3) is 5.91 Å². The highest BCUT2D eigenvalue weighted by molar-refractivity contribution is 5.94. The van der Waals surface area contributed by atoms with Crippen LogP contribution >= 0.6 is 0 Å². The van der Waals surface area contributed by atoms with Gasteiger partial charge in [-0.05, 0) is 61.6 Å². The smallest absolute Gasteiger partial charge is 0.251 e. The van der Waals surface area contributed by atoms with Gasteiger partial charge in [0.2, 0.25) is 5.91 Å². The number of hydrogen-bond donors (Lipinski definition) is 1. The van der Waals surface area contributed by atoms with Gasteiger partial charge in [-0.25, -0.2) is 0 Å². The van der Waals surface area contributed by atoms with Crippen LogP contribution in [0, 0.1) is 11.8 Å². The third-order valence-electron chi connectivity index (χ3n) is 5.05. The maximum atomic E-state index is 12.0. The van der Waals surface area contributed by atoms with Crippen molar-refractivity contribution in [1.82, 2.24) is 10.2 Å². The van der Waals surface area contributed by atoms with Crippen LogP contribution in [0.5, 0.6) is 0 Å². The lowest BCUT2D eigenvalue weighted by Gasteiger charge is -2.31. The van der Waals surface area contributed by atoms with E-state index in [4.69, 9.17) is 0 Å². The molecule has 124 valence electrons. The molecule has 0 atom stereocenters. The first-order chi connectivity index (χ1) is 11.1. The Morgan fingerprint density at radius 2 is 1.70 bits per heavy atom. The van der Waals surface area contributed by atoms with Gasteiger partial charge in [0, 0.05) is 32.1 Å². The van der Waals surface area contributed by atoms with Gasteiger partial charge >= 0.3 is 0 Å². The summed E-state index contributed by atoms with van der Waals surface area (Å²) in [6, 6.07) is 8.01. The van der Waals surface area contributed by atoms with Crippen molar-refractivity contribution in [3.63, 3.8) is 0 Å². The minimum Gasteiger partial charge on any atom is -0.352 e. The number of amides is 2. The van der Waals surface area contributed by atoms with Gasteiger partial charge in [-0.3, -0.25) is 9.59 Å². The molecule has 2 fully saturated rings. The summed E-state index contributed by atoms with van der Waals surface area (Å²) in [6.45, 7) is 4.21. The zero-order valence-electron chi connectivity index (χ0n) is 13.9. The molecular weight excluding hydrogens is 288 g/mol. The largest absolute Gasteiger partial charge is 0.352 e. The third-order valence-corrected chi connectivity index (χ3v) is 5.05. The molecule has 3 rings (SSSR count). The Bertz CT molecular complexity index is 555. The van der Waals surface area contributed by atoms with Gasteiger partial charge < -0.3 is 10.2 Å². The van der Waals surface area contributed by atoms with Crippen molar-refractivity contribution in [2.75, 3.05) is 19.6 Å². The summed E-state index contributed by atoms with van der Waals surface area (Å²) in [5.41, 5.74) is 2.03. The van der Waals surface area contributed by atoms with Crippen molar-refractivity contribution in [1.29, 1.82) is 0 Å². The summed E-state index contributed by atoms with van der Waals surface area (Å²) in [5.74, 6) is 1.57. The Morgan fingerprint density at radius 3 is 2.26 bits per heavy atom. The molecule has 1 aromatic rings. The van der Waals surface area contributed by atoms with E-state index >= 15 is 0 Å². The number of hydrogen-bond acceptors (Lipinski definition) is 2. The van der Waals surface area contributed by atoms with E-state index in [9.17, 15) is 9.59 Å². The zero-order chi connectivity index (χ0) is 16.2. The fourth-order valence-corrected chi connectivity index (χ4v) is 3.24. The van der Waals surface area contributed by atoms with Gasteiger partial charge in [-0.1, -0.05) is 12.1 Å². The van der Waals surface area contributed by atoms with E-state index in [2.05, 4.69) is 17.4 Å². The number of piperidine rings is 1. The minimum atomic E-state index is 0.0400. The van der Waals surface area contributed by atoms with Crippen LogP contribution in [0.1, 0.15) is 48.5 Å². The Kier molecular flexibility index (Phi) is 4.99. The summed E-state index contributed by atoms with van der Waals surface area (Å²) < 4.78 is 0. The van der Waals surface area contributed by atoms with Crippen molar-refractivity contribution in [3.8, 4) is 0 Å². The Morgan fingerprint density at radius 1 is 1.04 bits per heavy atom. The van der Waals surface area contributed by atoms with Gasteiger partial charge in [-0.15, -0.1) is 0 Å². The first-order valence-electron chi connectivity index (χ1n) is 8.74. The second kappa shape index (κ2) is 7.16. The lowest BCUT2D eigenvalue weighted by Crippen LogP contribution is -2.37. The van der Waals surface area contributed by atoms with E-state index in [1.54, 1.807) is 6.92 Å². The SMILES string of the molecule is CC(=O)N1CCC(Cc2ccc(C(=O)NCC3CC3)cc2)CC1. The minimum absolute atomic E-state index is 0.0400. The first-order valence-corrected chi connectivity index (χ1v) is 8.74. The van der Waals surface area contributed by atoms with Crippen LogP contribution in [-0.2, 0) is 11.2 Å². The number of nitrogens with zero attached hydrogens (tertiary/aromatic N) is 1. The van der Waals surface area contributed by atoms with E-state index in [1.165, 1.54) is 18.4 Å². The van der Waals surface area contributed by atoms with Crippen LogP contribution in [0.4, 0.5) is 0 Å². The fourth-order valence-electron chi connectivity index (χ4n) is 3.24. The van der Waals surface area contributed by atoms with Crippen LogP contribution in [-0.4, -0.2) is 36.3 Å². The molecule has 4 heteroatoms. The quantitative estimate of drug-likeness (QED) is 0.908. The Balaban J connectivity index is 1.47. The molecular formula is C19H26N2O2. The maximum absolute atomic E-state index is 12.0. The fraction of sp³-hybridized carbons (Fsp3) is 0.579. The molecule has 1 saturated carbocycles. The molecule has 1 heterocycles. The van der Waals surface area contributed by atoms with E-state index in [1.807, 2.05) is 17.0 Å². The second-order valence-electron chi connectivity index (χ2n) is 7.00. The lowest BCUT2D eigenvalue weighted by molar-refractivity contribution is -0.130. The van der Waals surface area contributed by atoms with Crippen molar-refractivity contribution in [3.05, 3.63) is 35.4 Å². The Hall–Kier alpha value is -1.84. The van der Waals surface area contributed by atoms with Crippen LogP contribution in [0.3, 0.4) is 0 Å². The van der Waals surface area contributed by atoms with Gasteiger partial charge in [0.1, 0.15) is 0 Å². The molecule has 0 bridgehead atoms. The number of carbonyl (C=O) groups excluding carboxylic acids is 2. The van der Waals surface area contributed by atoms with Crippen molar-refractivity contribution < 1.29 is 9.59 Å². The maximum Gasteiger partial charge on any atom is 0.251 e. The molecule has 2 amide bonds. The number of benzene rings is 1. The summed E-state index contributed by atoms with van der Waals surface area (Å²) >= 11 is 0. The van der Waals surface area contributed by atoms with Crippen molar-refractivity contribution in [2.45, 2.75) is 39.0 Å². The van der Waals surface area contributed by atoms with Crippen molar-refractivity contribution >= 4 is 11.8 Å². The highest BCUT2D eigenvalue weighted by Crippen LogP contribution is 2.27. The molecule has 0 spiro atoms. The predicted molar refractivity (Wildman–Crippen MR) is 90.2 cm³/mol. The second-order valence-corrected chi connectivity index (χ2v) is 7.00. The molecule has 1 aromatic carbocycles. The first kappa shape index (κ1) is 16.0. The summed E-state index contributed by atoms with van der Waals surface area (Å²) in [4.78, 5) is 25.3. The van der Waals surface area contributed by atoms with E-state index in [0.717, 1.165) is 44.5 Å². The number of rotatable bonds is 5. The molecule has 1 aliphatic carbocycles. The summed E-state index contributed by atoms with van der Waals surface area (Å²) in [6.07, 6.45) is 5.69. The predicted octanol–water partition coefficient (Wildman–Crippen LogP) is 2.63. The lowest BCUT2D eigenvalue weighted by atomic mass is 9.90. The van der Waals surface area contributed by atoms with Crippen LogP contribution in [0.15, 0.2) is 24.3 Å². The zero-order valence-corrected chi connectivity index (χ0v) is 13.9. The van der Waals surface area contributed by atoms with Crippen LogP contribution < -0.4 is 5.32 Å². The van der Waals surface area contributed by atoms with Gasteiger partial charge in [0.05, 0.1) is 0 Å². The standard InChI is InChI=1S/C19H26N2O2/c1-14(22)21-10-8-16(9-11-21)12-15-4-6-18(7-5-15)19(23)20-13-17-2-3-17/h4-7,16-17H,2-3,8-13H2,1H3,(H,20,23).